The van der Waals surface area contributed by atoms with E-state index in [0.717, 1.165) is 45.6 Å². The van der Waals surface area contributed by atoms with Crippen LogP contribution in [0, 0.1) is 0 Å². The molecule has 2 aromatic rings. The average molecular weight is 436 g/mol. The van der Waals surface area contributed by atoms with E-state index < -0.39 is 0 Å². The van der Waals surface area contributed by atoms with Crippen molar-refractivity contribution in [3.63, 3.8) is 0 Å². The number of unbranched alkanes of at least 4 members (excludes halogenated alkanes) is 1. The van der Waals surface area contributed by atoms with E-state index in [9.17, 15) is 4.79 Å². The van der Waals surface area contributed by atoms with Crippen molar-refractivity contribution in [2.45, 2.75) is 12.8 Å². The van der Waals surface area contributed by atoms with Crippen LogP contribution in [0.5, 0.6) is 5.75 Å². The predicted molar refractivity (Wildman–Crippen MR) is 119 cm³/mol. The maximum atomic E-state index is 11.9. The molecular weight excluding hydrogens is 409 g/mol. The number of rotatable bonds is 9. The highest BCUT2D eigenvalue weighted by Crippen LogP contribution is 2.27. The van der Waals surface area contributed by atoms with Crippen molar-refractivity contribution >= 4 is 34.8 Å². The van der Waals surface area contributed by atoms with Crippen LogP contribution < -0.4 is 15.0 Å². The number of para-hydroxylation sites is 1. The summed E-state index contributed by atoms with van der Waals surface area (Å²) in [6.45, 7) is 5.92. The van der Waals surface area contributed by atoms with Crippen LogP contribution in [-0.4, -0.2) is 56.7 Å². The lowest BCUT2D eigenvalue weighted by Gasteiger charge is -2.36. The van der Waals surface area contributed by atoms with Gasteiger partial charge in [0.1, 0.15) is 5.75 Å². The van der Waals surface area contributed by atoms with E-state index in [4.69, 9.17) is 27.9 Å². The Morgan fingerprint density at radius 2 is 1.76 bits per heavy atom. The van der Waals surface area contributed by atoms with E-state index in [0.29, 0.717) is 22.3 Å². The third kappa shape index (κ3) is 7.11. The molecule has 0 aliphatic carbocycles. The minimum absolute atomic E-state index is 0.0679. The Balaban J connectivity index is 1.25. The zero-order valence-corrected chi connectivity index (χ0v) is 18.0. The SMILES string of the molecule is O=C(COc1cc(Cl)ccc1Cl)NCCCCN1CCN(c2ccccc2)CC1. The Kier molecular flexibility index (Phi) is 8.47. The van der Waals surface area contributed by atoms with Crippen molar-refractivity contribution in [3.05, 3.63) is 58.6 Å². The molecule has 1 saturated heterocycles. The molecule has 1 aliphatic heterocycles. The number of amides is 1. The molecule has 7 heteroatoms. The van der Waals surface area contributed by atoms with E-state index in [-0.39, 0.29) is 12.5 Å². The highest BCUT2D eigenvalue weighted by Gasteiger charge is 2.16. The van der Waals surface area contributed by atoms with Gasteiger partial charge < -0.3 is 15.0 Å². The highest BCUT2D eigenvalue weighted by molar-refractivity contribution is 6.34. The summed E-state index contributed by atoms with van der Waals surface area (Å²) in [6, 6.07) is 15.5. The van der Waals surface area contributed by atoms with Gasteiger partial charge in [-0.15, -0.1) is 0 Å². The van der Waals surface area contributed by atoms with E-state index >= 15 is 0 Å². The number of anilines is 1. The maximum absolute atomic E-state index is 11.9. The Morgan fingerprint density at radius 3 is 2.52 bits per heavy atom. The van der Waals surface area contributed by atoms with Gasteiger partial charge in [0.2, 0.25) is 0 Å². The summed E-state index contributed by atoms with van der Waals surface area (Å²) in [5.41, 5.74) is 1.30. The summed E-state index contributed by atoms with van der Waals surface area (Å²) in [7, 11) is 0. The molecule has 0 saturated carbocycles. The van der Waals surface area contributed by atoms with Crippen molar-refractivity contribution in [1.29, 1.82) is 0 Å². The number of nitrogens with one attached hydrogen (secondary N) is 1. The van der Waals surface area contributed by atoms with Crippen LogP contribution >= 0.6 is 23.2 Å². The fraction of sp³-hybridized carbons (Fsp3) is 0.409. The Hall–Kier alpha value is -1.95. The van der Waals surface area contributed by atoms with Crippen LogP contribution in [0.25, 0.3) is 0 Å². The molecule has 0 aromatic heterocycles. The van der Waals surface area contributed by atoms with Gasteiger partial charge in [-0.1, -0.05) is 41.4 Å². The average Bonchev–Trinajstić information content (AvgIpc) is 2.75. The summed E-state index contributed by atoms with van der Waals surface area (Å²) in [5.74, 6) is 0.265. The molecule has 0 spiro atoms. The van der Waals surface area contributed by atoms with E-state index in [1.807, 2.05) is 0 Å². The van der Waals surface area contributed by atoms with Crippen LogP contribution in [0.3, 0.4) is 0 Å². The topological polar surface area (TPSA) is 44.8 Å². The van der Waals surface area contributed by atoms with E-state index in [1.54, 1.807) is 18.2 Å². The van der Waals surface area contributed by atoms with Crippen LogP contribution in [0.4, 0.5) is 5.69 Å². The van der Waals surface area contributed by atoms with Gasteiger partial charge in [-0.05, 0) is 43.7 Å². The first-order valence-corrected chi connectivity index (χ1v) is 10.7. The lowest BCUT2D eigenvalue weighted by molar-refractivity contribution is -0.123. The lowest BCUT2D eigenvalue weighted by atomic mass is 10.2. The first-order chi connectivity index (χ1) is 14.1. The predicted octanol–water partition coefficient (Wildman–Crippen LogP) is 4.09. The quantitative estimate of drug-likeness (QED) is 0.602. The molecule has 156 valence electrons. The second kappa shape index (κ2) is 11.3. The van der Waals surface area contributed by atoms with E-state index in [1.165, 1.54) is 5.69 Å². The molecule has 3 rings (SSSR count). The van der Waals surface area contributed by atoms with Gasteiger partial charge in [-0.25, -0.2) is 0 Å². The number of benzene rings is 2. The standard InChI is InChI=1S/C22H27Cl2N3O2/c23-18-8-9-20(24)21(16-18)29-17-22(28)25-10-4-5-11-26-12-14-27(15-13-26)19-6-2-1-3-7-19/h1-3,6-9,16H,4-5,10-15,17H2,(H,25,28). The van der Waals surface area contributed by atoms with Crippen molar-refractivity contribution < 1.29 is 9.53 Å². The summed E-state index contributed by atoms with van der Waals surface area (Å²) < 4.78 is 5.44. The van der Waals surface area contributed by atoms with Crippen molar-refractivity contribution in [3.8, 4) is 5.75 Å². The molecule has 0 bridgehead atoms. The van der Waals surface area contributed by atoms with Gasteiger partial charge >= 0.3 is 0 Å². The normalized spacial score (nSPS) is 14.6. The van der Waals surface area contributed by atoms with E-state index in [2.05, 4.69) is 45.4 Å². The number of carbonyl (C=O) groups excluding carboxylic acids is 1. The largest absolute Gasteiger partial charge is 0.482 e. The van der Waals surface area contributed by atoms with Gasteiger partial charge in [0, 0.05) is 49.5 Å². The molecule has 0 unspecified atom stereocenters. The fourth-order valence-electron chi connectivity index (χ4n) is 3.34. The first-order valence-electron chi connectivity index (χ1n) is 9.99. The zero-order chi connectivity index (χ0) is 20.5. The summed E-state index contributed by atoms with van der Waals surface area (Å²) in [6.07, 6.45) is 2.01. The second-order valence-electron chi connectivity index (χ2n) is 7.08. The fourth-order valence-corrected chi connectivity index (χ4v) is 3.67. The van der Waals surface area contributed by atoms with Crippen molar-refractivity contribution in [1.82, 2.24) is 10.2 Å². The summed E-state index contributed by atoms with van der Waals surface area (Å²) in [5, 5.41) is 3.85. The Labute approximate surface area is 182 Å². The van der Waals surface area contributed by atoms with Crippen LogP contribution in [-0.2, 0) is 4.79 Å². The number of carbonyl (C=O) groups is 1. The second-order valence-corrected chi connectivity index (χ2v) is 7.93. The number of halogens is 2. The Bertz CT molecular complexity index is 781. The summed E-state index contributed by atoms with van der Waals surface area (Å²) in [4.78, 5) is 16.8. The number of ether oxygens (including phenoxy) is 1. The maximum Gasteiger partial charge on any atom is 0.257 e. The molecule has 29 heavy (non-hydrogen) atoms. The Morgan fingerprint density at radius 1 is 1.00 bits per heavy atom. The van der Waals surface area contributed by atoms with Gasteiger partial charge in [0.05, 0.1) is 5.02 Å². The number of hydrogen-bond acceptors (Lipinski definition) is 4. The van der Waals surface area contributed by atoms with Crippen molar-refractivity contribution in [2.24, 2.45) is 0 Å². The molecule has 1 heterocycles. The van der Waals surface area contributed by atoms with Gasteiger partial charge in [0.15, 0.2) is 6.61 Å². The minimum Gasteiger partial charge on any atom is -0.482 e. The molecule has 2 aromatic carbocycles. The monoisotopic (exact) mass is 435 g/mol. The summed E-state index contributed by atoms with van der Waals surface area (Å²) >= 11 is 11.9. The molecule has 5 nitrogen and oxygen atoms in total. The number of hydrogen-bond donors (Lipinski definition) is 1. The first kappa shape index (κ1) is 21.8. The third-order valence-electron chi connectivity index (χ3n) is 4.97. The smallest absolute Gasteiger partial charge is 0.257 e. The number of nitrogens with zero attached hydrogens (tertiary/aromatic N) is 2. The molecule has 1 fully saturated rings. The number of piperazine rings is 1. The molecule has 1 N–H and O–H groups in total. The van der Waals surface area contributed by atoms with Crippen LogP contribution in [0.1, 0.15) is 12.8 Å². The van der Waals surface area contributed by atoms with Crippen LogP contribution in [0.15, 0.2) is 48.5 Å². The molecule has 0 radical (unpaired) electrons. The van der Waals surface area contributed by atoms with Crippen LogP contribution in [0.2, 0.25) is 10.0 Å². The highest BCUT2D eigenvalue weighted by atomic mass is 35.5. The molecule has 1 aliphatic rings. The third-order valence-corrected chi connectivity index (χ3v) is 5.52. The van der Waals surface area contributed by atoms with Crippen molar-refractivity contribution in [2.75, 3.05) is 50.8 Å². The minimum atomic E-state index is -0.155. The van der Waals surface area contributed by atoms with Gasteiger partial charge in [0.25, 0.3) is 5.91 Å². The molecular formula is C22H27Cl2N3O2. The molecule has 1 amide bonds. The molecule has 0 atom stereocenters. The lowest BCUT2D eigenvalue weighted by Crippen LogP contribution is -2.46. The van der Waals surface area contributed by atoms with Gasteiger partial charge in [-0.3, -0.25) is 9.69 Å². The zero-order valence-electron chi connectivity index (χ0n) is 16.4. The van der Waals surface area contributed by atoms with Gasteiger partial charge in [-0.2, -0.15) is 0 Å².